The second-order valence-corrected chi connectivity index (χ2v) is 19.8. The van der Waals surface area contributed by atoms with Crippen LogP contribution in [0.1, 0.15) is 91.8 Å². The van der Waals surface area contributed by atoms with Gasteiger partial charge in [0, 0.05) is 13.1 Å². The summed E-state index contributed by atoms with van der Waals surface area (Å²) in [5.74, 6) is 0. The van der Waals surface area contributed by atoms with E-state index in [2.05, 4.69) is 91.1 Å². The second-order valence-electron chi connectivity index (χ2n) is 13.1. The van der Waals surface area contributed by atoms with Crippen LogP contribution >= 0.6 is 15.8 Å². The third kappa shape index (κ3) is 6.78. The van der Waals surface area contributed by atoms with Gasteiger partial charge >= 0.3 is 0 Å². The van der Waals surface area contributed by atoms with Gasteiger partial charge in [-0.1, -0.05) is 96.4 Å². The predicted octanol–water partition coefficient (Wildman–Crippen LogP) is 7.27. The maximum absolute atomic E-state index is 3.68. The predicted molar refractivity (Wildman–Crippen MR) is 148 cm³/mol. The van der Waals surface area contributed by atoms with Crippen molar-refractivity contribution in [2.24, 2.45) is 0 Å². The second kappa shape index (κ2) is 10.3. The quantitative estimate of drug-likeness (QED) is 0.422. The van der Waals surface area contributed by atoms with Gasteiger partial charge in [-0.3, -0.25) is 0 Å². The highest BCUT2D eigenvalue weighted by atomic mass is 31.1. The van der Waals surface area contributed by atoms with E-state index < -0.39 is 0 Å². The normalized spacial score (nSPS) is 23.8. The van der Waals surface area contributed by atoms with Gasteiger partial charge in [0.25, 0.3) is 0 Å². The van der Waals surface area contributed by atoms with Gasteiger partial charge in [0.15, 0.2) is 0 Å². The molecule has 0 radical (unpaired) electrons. The van der Waals surface area contributed by atoms with Gasteiger partial charge in [0.1, 0.15) is 0 Å². The molecule has 0 aliphatic carbocycles. The van der Waals surface area contributed by atoms with Crippen LogP contribution in [0.15, 0.2) is 18.2 Å². The zero-order valence-electron chi connectivity index (χ0n) is 22.4. The van der Waals surface area contributed by atoms with E-state index in [1.807, 2.05) is 0 Å². The van der Waals surface area contributed by atoms with Crippen molar-refractivity contribution >= 4 is 15.8 Å². The Labute approximate surface area is 202 Å². The molecular formula is C28H50N2P2. The van der Waals surface area contributed by atoms with Gasteiger partial charge in [-0.15, -0.1) is 0 Å². The lowest BCUT2D eigenvalue weighted by Gasteiger charge is -2.42. The van der Waals surface area contributed by atoms with E-state index in [9.17, 15) is 0 Å². The Morgan fingerprint density at radius 1 is 0.750 bits per heavy atom. The van der Waals surface area contributed by atoms with Crippen LogP contribution in [0.5, 0.6) is 0 Å². The fraction of sp³-hybridized carbons (Fsp3) is 0.786. The number of hydrogen-bond acceptors (Lipinski definition) is 2. The third-order valence-electron chi connectivity index (χ3n) is 7.38. The zero-order valence-corrected chi connectivity index (χ0v) is 24.2. The topological polar surface area (TPSA) is 24.1 Å². The molecule has 32 heavy (non-hydrogen) atoms. The minimum absolute atomic E-state index is 0.00263. The van der Waals surface area contributed by atoms with Crippen LogP contribution in [0.3, 0.4) is 0 Å². The number of nitrogens with one attached hydrogen (secondary N) is 2. The SMILES string of the molecule is CC(C)(C)c1ccc(CP(C(C)(C)C)C(C)(C)C)c(CP(C2CCNC2)C2CCNC2)c1. The van der Waals surface area contributed by atoms with Crippen LogP contribution in [0.2, 0.25) is 0 Å². The molecule has 0 spiro atoms. The van der Waals surface area contributed by atoms with Crippen molar-refractivity contribution in [3.8, 4) is 0 Å². The summed E-state index contributed by atoms with van der Waals surface area (Å²) in [6, 6.07) is 7.58. The zero-order chi connectivity index (χ0) is 23.7. The Hall–Kier alpha value is -0.0000000000000000555. The first kappa shape index (κ1) is 26.6. The van der Waals surface area contributed by atoms with Crippen molar-refractivity contribution in [3.63, 3.8) is 0 Å². The molecule has 0 bridgehead atoms. The molecule has 2 atom stereocenters. The summed E-state index contributed by atoms with van der Waals surface area (Å²) in [6.45, 7) is 26.8. The van der Waals surface area contributed by atoms with E-state index in [1.165, 1.54) is 56.9 Å². The fourth-order valence-electron chi connectivity index (χ4n) is 5.64. The average molecular weight is 477 g/mol. The largest absolute Gasteiger partial charge is 0.316 e. The molecule has 0 amide bonds. The van der Waals surface area contributed by atoms with Crippen LogP contribution in [0, 0.1) is 0 Å². The first-order valence-corrected chi connectivity index (χ1v) is 16.0. The fourth-order valence-corrected chi connectivity index (χ4v) is 12.7. The highest BCUT2D eigenvalue weighted by Gasteiger charge is 2.36. The Morgan fingerprint density at radius 2 is 1.28 bits per heavy atom. The Kier molecular flexibility index (Phi) is 8.58. The Bertz CT molecular complexity index is 712. The summed E-state index contributed by atoms with van der Waals surface area (Å²) < 4.78 is 0. The Balaban J connectivity index is 1.98. The summed E-state index contributed by atoms with van der Waals surface area (Å²) in [7, 11) is -0.139. The third-order valence-corrected chi connectivity index (χ3v) is 14.7. The van der Waals surface area contributed by atoms with Crippen molar-refractivity contribution in [2.45, 2.75) is 115 Å². The lowest BCUT2D eigenvalue weighted by molar-refractivity contribution is 0.589. The standard InChI is InChI=1S/C28H50N2P2/c1-26(2,3)23-11-10-21(20-32(27(4,5)6)28(7,8)9)22(16-23)19-31(24-12-14-29-17-24)25-13-15-30-18-25/h10-11,16,24-25,29-30H,12-15,17-20H2,1-9H3. The molecule has 0 aromatic heterocycles. The van der Waals surface area contributed by atoms with Gasteiger partial charge in [-0.25, -0.2) is 0 Å². The maximum atomic E-state index is 3.68. The van der Waals surface area contributed by atoms with Gasteiger partial charge in [0.2, 0.25) is 0 Å². The maximum Gasteiger partial charge on any atom is 0.00196 e. The Morgan fingerprint density at radius 3 is 1.69 bits per heavy atom. The monoisotopic (exact) mass is 476 g/mol. The van der Waals surface area contributed by atoms with E-state index in [4.69, 9.17) is 0 Å². The van der Waals surface area contributed by atoms with E-state index >= 15 is 0 Å². The molecule has 2 fully saturated rings. The lowest BCUT2D eigenvalue weighted by atomic mass is 9.85. The lowest BCUT2D eigenvalue weighted by Crippen LogP contribution is -2.26. The summed E-state index contributed by atoms with van der Waals surface area (Å²) in [5, 5.41) is 8.09. The minimum atomic E-state index is -0.136. The molecule has 0 saturated carbocycles. The molecule has 2 unspecified atom stereocenters. The smallest absolute Gasteiger partial charge is 0.00196 e. The first-order valence-electron chi connectivity index (χ1n) is 12.8. The van der Waals surface area contributed by atoms with Gasteiger partial charge in [0.05, 0.1) is 0 Å². The van der Waals surface area contributed by atoms with Crippen LogP contribution < -0.4 is 10.6 Å². The summed E-state index contributed by atoms with van der Waals surface area (Å²) >= 11 is 0. The number of benzene rings is 1. The molecule has 2 saturated heterocycles. The molecule has 2 aliphatic heterocycles. The first-order chi connectivity index (χ1) is 14.8. The number of hydrogen-bond donors (Lipinski definition) is 2. The van der Waals surface area contributed by atoms with Crippen molar-refractivity contribution < 1.29 is 0 Å². The van der Waals surface area contributed by atoms with Gasteiger partial charge in [-0.2, -0.15) is 0 Å². The van der Waals surface area contributed by atoms with E-state index in [1.54, 1.807) is 11.1 Å². The van der Waals surface area contributed by atoms with Crippen LogP contribution in [-0.2, 0) is 17.7 Å². The van der Waals surface area contributed by atoms with E-state index in [0.29, 0.717) is 10.3 Å². The number of rotatable bonds is 6. The molecule has 2 heterocycles. The van der Waals surface area contributed by atoms with Crippen LogP contribution in [-0.4, -0.2) is 47.8 Å². The molecule has 2 N–H and O–H groups in total. The van der Waals surface area contributed by atoms with Crippen molar-refractivity contribution in [1.82, 2.24) is 10.6 Å². The highest BCUT2D eigenvalue weighted by molar-refractivity contribution is 7.60. The molecule has 4 heteroatoms. The van der Waals surface area contributed by atoms with Crippen LogP contribution in [0.25, 0.3) is 0 Å². The molecule has 182 valence electrons. The van der Waals surface area contributed by atoms with E-state index in [-0.39, 0.29) is 21.3 Å². The molecule has 1 aromatic carbocycles. The van der Waals surface area contributed by atoms with Crippen molar-refractivity contribution in [1.29, 1.82) is 0 Å². The molecule has 2 nitrogen and oxygen atoms in total. The minimum Gasteiger partial charge on any atom is -0.316 e. The molecule has 2 aliphatic rings. The summed E-state index contributed by atoms with van der Waals surface area (Å²) in [4.78, 5) is 0. The molecule has 3 rings (SSSR count). The van der Waals surface area contributed by atoms with Gasteiger partial charge < -0.3 is 10.6 Å². The van der Waals surface area contributed by atoms with Gasteiger partial charge in [-0.05, 0) is 82.0 Å². The van der Waals surface area contributed by atoms with E-state index in [0.717, 1.165) is 11.3 Å². The summed E-state index contributed by atoms with van der Waals surface area (Å²) in [5.41, 5.74) is 6.84. The van der Waals surface area contributed by atoms with Crippen molar-refractivity contribution in [3.05, 3.63) is 34.9 Å². The van der Waals surface area contributed by atoms with Crippen molar-refractivity contribution in [2.75, 3.05) is 26.2 Å². The summed E-state index contributed by atoms with van der Waals surface area (Å²) in [6.07, 6.45) is 5.35. The van der Waals surface area contributed by atoms with Crippen LogP contribution in [0.4, 0.5) is 0 Å². The highest BCUT2D eigenvalue weighted by Crippen LogP contribution is 2.62. The molecule has 1 aromatic rings. The average Bonchev–Trinajstić information content (AvgIpc) is 3.36. The molecular weight excluding hydrogens is 426 g/mol.